The molecule has 1 amide bonds. The van der Waals surface area contributed by atoms with Gasteiger partial charge in [-0.15, -0.1) is 0 Å². The van der Waals surface area contributed by atoms with Crippen molar-refractivity contribution < 1.29 is 9.21 Å². The van der Waals surface area contributed by atoms with Crippen LogP contribution in [0.5, 0.6) is 0 Å². The van der Waals surface area contributed by atoms with E-state index in [0.717, 1.165) is 28.8 Å². The third-order valence-electron chi connectivity index (χ3n) is 3.62. The van der Waals surface area contributed by atoms with E-state index in [0.29, 0.717) is 23.8 Å². The molecule has 1 heterocycles. The number of rotatable bonds is 4. The Kier molecular flexibility index (Phi) is 3.76. The Balaban J connectivity index is 1.86. The Bertz CT molecular complexity index is 677. The number of amides is 1. The molecule has 4 nitrogen and oxygen atoms in total. The number of nitrogens with two attached hydrogens (primary N) is 1. The van der Waals surface area contributed by atoms with Crippen molar-refractivity contribution in [3.63, 3.8) is 0 Å². The average molecular weight is 349 g/mol. The first kappa shape index (κ1) is 14.2. The van der Waals surface area contributed by atoms with E-state index in [2.05, 4.69) is 15.9 Å². The first-order chi connectivity index (χ1) is 10.0. The van der Waals surface area contributed by atoms with Crippen LogP contribution in [-0.4, -0.2) is 16.8 Å². The highest BCUT2D eigenvalue weighted by Gasteiger charge is 2.34. The Hall–Kier alpha value is -1.75. The van der Waals surface area contributed by atoms with E-state index in [4.69, 9.17) is 10.2 Å². The molecule has 0 spiro atoms. The molecule has 1 aliphatic rings. The van der Waals surface area contributed by atoms with E-state index in [9.17, 15) is 4.79 Å². The Morgan fingerprint density at radius 1 is 1.38 bits per heavy atom. The van der Waals surface area contributed by atoms with Gasteiger partial charge in [0.05, 0.1) is 12.1 Å². The standard InChI is InChI=1S/C16H17BrN2O2/c1-10-2-6-13(21-10)9-19(12-4-5-12)16(20)14-8-11(17)3-7-15(14)18/h2-3,6-8,12H,4-5,9,18H2,1H3. The molecule has 1 saturated carbocycles. The maximum atomic E-state index is 12.8. The quantitative estimate of drug-likeness (QED) is 0.856. The highest BCUT2D eigenvalue weighted by atomic mass is 79.9. The topological polar surface area (TPSA) is 59.5 Å². The summed E-state index contributed by atoms with van der Waals surface area (Å²) in [5.74, 6) is 1.63. The summed E-state index contributed by atoms with van der Waals surface area (Å²) in [6.07, 6.45) is 2.08. The third-order valence-corrected chi connectivity index (χ3v) is 4.11. The van der Waals surface area contributed by atoms with E-state index in [-0.39, 0.29) is 5.91 Å². The van der Waals surface area contributed by atoms with Crippen molar-refractivity contribution in [1.29, 1.82) is 0 Å². The predicted octanol–water partition coefficient (Wildman–Crippen LogP) is 3.74. The molecule has 5 heteroatoms. The molecule has 110 valence electrons. The molecule has 1 aromatic heterocycles. The van der Waals surface area contributed by atoms with Crippen molar-refractivity contribution in [2.75, 3.05) is 5.73 Å². The molecule has 0 bridgehead atoms. The Labute approximate surface area is 132 Å². The summed E-state index contributed by atoms with van der Waals surface area (Å²) < 4.78 is 6.45. The van der Waals surface area contributed by atoms with Crippen molar-refractivity contribution in [1.82, 2.24) is 4.90 Å². The van der Waals surface area contributed by atoms with Gasteiger partial charge in [0.2, 0.25) is 0 Å². The molecule has 0 atom stereocenters. The number of aryl methyl sites for hydroxylation is 1. The monoisotopic (exact) mass is 348 g/mol. The largest absolute Gasteiger partial charge is 0.464 e. The van der Waals surface area contributed by atoms with Crippen LogP contribution in [-0.2, 0) is 6.54 Å². The van der Waals surface area contributed by atoms with E-state index < -0.39 is 0 Å². The first-order valence-electron chi connectivity index (χ1n) is 6.96. The lowest BCUT2D eigenvalue weighted by molar-refractivity contribution is 0.0718. The van der Waals surface area contributed by atoms with Gasteiger partial charge in [0.1, 0.15) is 11.5 Å². The second-order valence-electron chi connectivity index (χ2n) is 5.41. The fourth-order valence-electron chi connectivity index (χ4n) is 2.36. The fraction of sp³-hybridized carbons (Fsp3) is 0.312. The lowest BCUT2D eigenvalue weighted by Crippen LogP contribution is -2.33. The molecule has 3 rings (SSSR count). The lowest BCUT2D eigenvalue weighted by atomic mass is 10.1. The minimum absolute atomic E-state index is 0.0367. The summed E-state index contributed by atoms with van der Waals surface area (Å²) >= 11 is 3.39. The number of carbonyl (C=O) groups excluding carboxylic acids is 1. The Morgan fingerprint density at radius 2 is 2.14 bits per heavy atom. The molecule has 2 aromatic rings. The first-order valence-corrected chi connectivity index (χ1v) is 7.75. The number of carbonyl (C=O) groups is 1. The van der Waals surface area contributed by atoms with Gasteiger partial charge in [-0.2, -0.15) is 0 Å². The van der Waals surface area contributed by atoms with E-state index in [1.807, 2.05) is 30.0 Å². The van der Waals surface area contributed by atoms with Gasteiger partial charge < -0.3 is 15.1 Å². The number of benzene rings is 1. The van der Waals surface area contributed by atoms with Crippen LogP contribution in [0.2, 0.25) is 0 Å². The van der Waals surface area contributed by atoms with E-state index in [1.165, 1.54) is 0 Å². The van der Waals surface area contributed by atoms with Crippen LogP contribution < -0.4 is 5.73 Å². The van der Waals surface area contributed by atoms with E-state index >= 15 is 0 Å². The van der Waals surface area contributed by atoms with E-state index in [1.54, 1.807) is 12.1 Å². The molecule has 1 aliphatic carbocycles. The van der Waals surface area contributed by atoms with Crippen molar-refractivity contribution in [3.05, 3.63) is 51.9 Å². The van der Waals surface area contributed by atoms with Gasteiger partial charge in [-0.25, -0.2) is 0 Å². The molecule has 2 N–H and O–H groups in total. The SMILES string of the molecule is Cc1ccc(CN(C(=O)c2cc(Br)ccc2N)C2CC2)o1. The van der Waals surface area contributed by atoms with Crippen LogP contribution in [0.3, 0.4) is 0 Å². The highest BCUT2D eigenvalue weighted by Crippen LogP contribution is 2.31. The molecule has 1 fully saturated rings. The second kappa shape index (κ2) is 5.56. The minimum Gasteiger partial charge on any atom is -0.464 e. The zero-order chi connectivity index (χ0) is 15.0. The molecule has 21 heavy (non-hydrogen) atoms. The average Bonchev–Trinajstić information content (AvgIpc) is 3.21. The number of furan rings is 1. The van der Waals surface area contributed by atoms with Crippen LogP contribution in [0.25, 0.3) is 0 Å². The minimum atomic E-state index is -0.0367. The van der Waals surface area contributed by atoms with Gasteiger partial charge >= 0.3 is 0 Å². The van der Waals surface area contributed by atoms with Crippen molar-refractivity contribution in [2.24, 2.45) is 0 Å². The molecular formula is C16H17BrN2O2. The van der Waals surface area contributed by atoms with Crippen LogP contribution in [0.4, 0.5) is 5.69 Å². The Morgan fingerprint density at radius 3 is 2.76 bits per heavy atom. The van der Waals surface area contributed by atoms with Gasteiger partial charge in [0.25, 0.3) is 5.91 Å². The summed E-state index contributed by atoms with van der Waals surface area (Å²) in [6, 6.07) is 9.49. The third kappa shape index (κ3) is 3.13. The zero-order valence-electron chi connectivity index (χ0n) is 11.8. The number of anilines is 1. The molecule has 0 aliphatic heterocycles. The van der Waals surface area contributed by atoms with Crippen molar-refractivity contribution >= 4 is 27.5 Å². The summed E-state index contributed by atoms with van der Waals surface area (Å²) in [7, 11) is 0. The van der Waals surface area contributed by atoms with Gasteiger partial charge in [-0.1, -0.05) is 15.9 Å². The summed E-state index contributed by atoms with van der Waals surface area (Å²) in [5, 5.41) is 0. The maximum Gasteiger partial charge on any atom is 0.256 e. The van der Waals surface area contributed by atoms with Gasteiger partial charge in [0.15, 0.2) is 0 Å². The predicted molar refractivity (Wildman–Crippen MR) is 84.9 cm³/mol. The molecule has 0 radical (unpaired) electrons. The van der Waals surface area contributed by atoms with Crippen molar-refractivity contribution in [3.8, 4) is 0 Å². The lowest BCUT2D eigenvalue weighted by Gasteiger charge is -2.22. The number of hydrogen-bond acceptors (Lipinski definition) is 3. The maximum absolute atomic E-state index is 12.8. The smallest absolute Gasteiger partial charge is 0.256 e. The summed E-state index contributed by atoms with van der Waals surface area (Å²) in [5.41, 5.74) is 7.00. The second-order valence-corrected chi connectivity index (χ2v) is 6.32. The van der Waals surface area contributed by atoms with Crippen LogP contribution in [0.15, 0.2) is 39.2 Å². The number of nitrogen functional groups attached to an aromatic ring is 1. The number of hydrogen-bond donors (Lipinski definition) is 1. The van der Waals surface area contributed by atoms with Gasteiger partial charge in [0, 0.05) is 16.2 Å². The van der Waals surface area contributed by atoms with Crippen LogP contribution in [0.1, 0.15) is 34.7 Å². The van der Waals surface area contributed by atoms with Crippen LogP contribution >= 0.6 is 15.9 Å². The molecule has 1 aromatic carbocycles. The number of nitrogens with zero attached hydrogens (tertiary/aromatic N) is 1. The molecular weight excluding hydrogens is 332 g/mol. The fourth-order valence-corrected chi connectivity index (χ4v) is 2.72. The van der Waals surface area contributed by atoms with Gasteiger partial charge in [-0.05, 0) is 50.1 Å². The number of halogens is 1. The highest BCUT2D eigenvalue weighted by molar-refractivity contribution is 9.10. The molecule has 0 saturated heterocycles. The van der Waals surface area contributed by atoms with Crippen molar-refractivity contribution in [2.45, 2.75) is 32.4 Å². The zero-order valence-corrected chi connectivity index (χ0v) is 13.4. The van der Waals surface area contributed by atoms with Crippen LogP contribution in [0, 0.1) is 6.92 Å². The summed E-state index contributed by atoms with van der Waals surface area (Å²) in [6.45, 7) is 2.39. The van der Waals surface area contributed by atoms with Gasteiger partial charge in [-0.3, -0.25) is 4.79 Å². The summed E-state index contributed by atoms with van der Waals surface area (Å²) in [4.78, 5) is 14.7. The molecule has 0 unspecified atom stereocenters. The normalized spacial score (nSPS) is 14.2.